The molecule has 1 atom stereocenters. The summed E-state index contributed by atoms with van der Waals surface area (Å²) in [6.45, 7) is 2.35. The van der Waals surface area contributed by atoms with E-state index in [2.05, 4.69) is 6.92 Å². The molecule has 0 radical (unpaired) electrons. The lowest BCUT2D eigenvalue weighted by molar-refractivity contribution is 0.207. The quantitative estimate of drug-likeness (QED) is 0.805. The van der Waals surface area contributed by atoms with Gasteiger partial charge in [-0.2, -0.15) is 8.42 Å². The zero-order chi connectivity index (χ0) is 13.9. The first-order valence-electron chi connectivity index (χ1n) is 7.01. The van der Waals surface area contributed by atoms with Crippen LogP contribution in [-0.2, 0) is 14.3 Å². The number of allylic oxidation sites excluding steroid dienone is 3. The minimum Gasteiger partial charge on any atom is -0.328 e. The maximum Gasteiger partial charge on any atom is 0.296 e. The van der Waals surface area contributed by atoms with Crippen molar-refractivity contribution in [2.75, 3.05) is 6.61 Å². The molecule has 0 aromatic carbocycles. The van der Waals surface area contributed by atoms with Crippen molar-refractivity contribution in [3.05, 3.63) is 23.1 Å². The van der Waals surface area contributed by atoms with Crippen molar-refractivity contribution < 1.29 is 12.6 Å². The maximum atomic E-state index is 12.0. The third-order valence-electron chi connectivity index (χ3n) is 3.92. The molecule has 108 valence electrons. The van der Waals surface area contributed by atoms with Crippen LogP contribution in [0.15, 0.2) is 23.1 Å². The summed E-state index contributed by atoms with van der Waals surface area (Å²) in [5.41, 5.74) is 5.83. The molecule has 0 aliphatic heterocycles. The van der Waals surface area contributed by atoms with Crippen LogP contribution < -0.4 is 5.73 Å². The van der Waals surface area contributed by atoms with Crippen LogP contribution >= 0.6 is 0 Å². The Labute approximate surface area is 115 Å². The molecule has 0 aromatic rings. The Morgan fingerprint density at radius 3 is 2.58 bits per heavy atom. The fraction of sp³-hybridized carbons (Fsp3) is 0.714. The number of hydrogen-bond acceptors (Lipinski definition) is 4. The van der Waals surface area contributed by atoms with E-state index in [0.717, 1.165) is 32.1 Å². The molecule has 1 fully saturated rings. The summed E-state index contributed by atoms with van der Waals surface area (Å²) >= 11 is 0. The van der Waals surface area contributed by atoms with Gasteiger partial charge < -0.3 is 5.73 Å². The van der Waals surface area contributed by atoms with Gasteiger partial charge in [-0.3, -0.25) is 4.18 Å². The average Bonchev–Trinajstić information content (AvgIpc) is 2.39. The molecule has 0 saturated heterocycles. The van der Waals surface area contributed by atoms with Crippen LogP contribution in [0.1, 0.15) is 39.0 Å². The monoisotopic (exact) mass is 285 g/mol. The summed E-state index contributed by atoms with van der Waals surface area (Å²) in [4.78, 5) is 0.304. The van der Waals surface area contributed by atoms with Crippen LogP contribution in [-0.4, -0.2) is 21.1 Å². The Bertz CT molecular complexity index is 459. The van der Waals surface area contributed by atoms with Gasteiger partial charge in [-0.05, 0) is 50.0 Å². The van der Waals surface area contributed by atoms with Crippen molar-refractivity contribution >= 4 is 10.1 Å². The molecular weight excluding hydrogens is 262 g/mol. The topological polar surface area (TPSA) is 69.4 Å². The van der Waals surface area contributed by atoms with E-state index in [0.29, 0.717) is 16.7 Å². The predicted octanol–water partition coefficient (Wildman–Crippen LogP) is 2.33. The lowest BCUT2D eigenvalue weighted by atomic mass is 9.87. The van der Waals surface area contributed by atoms with Crippen molar-refractivity contribution in [1.29, 1.82) is 0 Å². The molecule has 0 amide bonds. The first-order chi connectivity index (χ1) is 8.97. The van der Waals surface area contributed by atoms with Gasteiger partial charge in [-0.25, -0.2) is 0 Å². The molecule has 0 spiro atoms. The molecule has 19 heavy (non-hydrogen) atoms. The predicted molar refractivity (Wildman–Crippen MR) is 75.8 cm³/mol. The van der Waals surface area contributed by atoms with Gasteiger partial charge >= 0.3 is 0 Å². The van der Waals surface area contributed by atoms with Gasteiger partial charge in [-0.15, -0.1) is 0 Å². The second-order valence-electron chi connectivity index (χ2n) is 5.70. The van der Waals surface area contributed by atoms with E-state index in [-0.39, 0.29) is 12.6 Å². The van der Waals surface area contributed by atoms with Crippen LogP contribution in [0.2, 0.25) is 0 Å². The number of rotatable bonds is 4. The van der Waals surface area contributed by atoms with Crippen LogP contribution in [0.25, 0.3) is 0 Å². The third kappa shape index (κ3) is 4.16. The number of nitrogens with two attached hydrogens (primary N) is 1. The fourth-order valence-electron chi connectivity index (χ4n) is 2.50. The van der Waals surface area contributed by atoms with E-state index in [4.69, 9.17) is 9.92 Å². The summed E-state index contributed by atoms with van der Waals surface area (Å²) in [7, 11) is -3.58. The molecule has 4 nitrogen and oxygen atoms in total. The third-order valence-corrected chi connectivity index (χ3v) is 5.25. The molecule has 1 saturated carbocycles. The summed E-state index contributed by atoms with van der Waals surface area (Å²) < 4.78 is 29.3. The maximum absolute atomic E-state index is 12.0. The largest absolute Gasteiger partial charge is 0.328 e. The molecule has 5 heteroatoms. The van der Waals surface area contributed by atoms with Crippen molar-refractivity contribution in [3.8, 4) is 0 Å². The molecule has 2 rings (SSSR count). The van der Waals surface area contributed by atoms with Crippen molar-refractivity contribution in [2.45, 2.75) is 45.1 Å². The second-order valence-corrected chi connectivity index (χ2v) is 7.31. The Morgan fingerprint density at radius 2 is 2.00 bits per heavy atom. The first kappa shape index (κ1) is 14.8. The molecule has 0 aromatic heterocycles. The lowest BCUT2D eigenvalue weighted by Crippen LogP contribution is -2.28. The molecule has 2 N–H and O–H groups in total. The Hall–Kier alpha value is -0.650. The summed E-state index contributed by atoms with van der Waals surface area (Å²) in [5.74, 6) is 0.723. The van der Waals surface area contributed by atoms with Crippen LogP contribution in [0, 0.1) is 11.8 Å². The van der Waals surface area contributed by atoms with Gasteiger partial charge in [-0.1, -0.05) is 19.1 Å². The zero-order valence-corrected chi connectivity index (χ0v) is 12.2. The molecule has 1 unspecified atom stereocenters. The van der Waals surface area contributed by atoms with E-state index in [1.807, 2.05) is 6.08 Å². The van der Waals surface area contributed by atoms with Gasteiger partial charge in [0.05, 0.1) is 11.5 Å². The van der Waals surface area contributed by atoms with Crippen LogP contribution in [0.3, 0.4) is 0 Å². The second kappa shape index (κ2) is 6.20. The minimum atomic E-state index is -3.58. The minimum absolute atomic E-state index is 0.276. The Kier molecular flexibility index (Phi) is 4.81. The van der Waals surface area contributed by atoms with Crippen LogP contribution in [0.4, 0.5) is 0 Å². The normalized spacial score (nSPS) is 32.1. The summed E-state index contributed by atoms with van der Waals surface area (Å²) in [6.07, 6.45) is 9.92. The van der Waals surface area contributed by atoms with Crippen molar-refractivity contribution in [2.24, 2.45) is 17.6 Å². The molecule has 2 aliphatic rings. The smallest absolute Gasteiger partial charge is 0.296 e. The van der Waals surface area contributed by atoms with Gasteiger partial charge in [0.1, 0.15) is 0 Å². The summed E-state index contributed by atoms with van der Waals surface area (Å²) in [6, 6.07) is 0.276. The molecule has 2 aliphatic carbocycles. The fourth-order valence-corrected chi connectivity index (χ4v) is 3.56. The van der Waals surface area contributed by atoms with Gasteiger partial charge in [0.25, 0.3) is 10.1 Å². The summed E-state index contributed by atoms with van der Waals surface area (Å²) in [5, 5.41) is 0. The van der Waals surface area contributed by atoms with Crippen LogP contribution in [0.5, 0.6) is 0 Å². The van der Waals surface area contributed by atoms with Gasteiger partial charge in [0.15, 0.2) is 0 Å². The van der Waals surface area contributed by atoms with Crippen molar-refractivity contribution in [1.82, 2.24) is 0 Å². The SMILES string of the molecule is CC1C=CC(S(=O)(=O)OCC2CCC(N)CC2)=CC1. The number of hydrogen-bond donors (Lipinski definition) is 1. The van der Waals surface area contributed by atoms with Gasteiger partial charge in [0.2, 0.25) is 0 Å². The van der Waals surface area contributed by atoms with Gasteiger partial charge in [0, 0.05) is 6.04 Å². The highest BCUT2D eigenvalue weighted by Crippen LogP contribution is 2.26. The lowest BCUT2D eigenvalue weighted by Gasteiger charge is -2.25. The van der Waals surface area contributed by atoms with E-state index in [1.54, 1.807) is 12.2 Å². The van der Waals surface area contributed by atoms with E-state index in [9.17, 15) is 8.42 Å². The molecule has 0 heterocycles. The van der Waals surface area contributed by atoms with Crippen molar-refractivity contribution in [3.63, 3.8) is 0 Å². The molecular formula is C14H23NO3S. The highest BCUT2D eigenvalue weighted by Gasteiger charge is 2.23. The standard InChI is InChI=1S/C14H23NO3S/c1-11-2-8-14(9-3-11)19(16,17)18-10-12-4-6-13(15)7-5-12/h2,8-9,11-13H,3-7,10,15H2,1H3. The highest BCUT2D eigenvalue weighted by atomic mass is 32.2. The first-order valence-corrected chi connectivity index (χ1v) is 8.41. The Morgan fingerprint density at radius 1 is 1.32 bits per heavy atom. The molecule has 0 bridgehead atoms. The Balaban J connectivity index is 1.86. The zero-order valence-electron chi connectivity index (χ0n) is 11.4. The van der Waals surface area contributed by atoms with E-state index in [1.165, 1.54) is 0 Å². The average molecular weight is 285 g/mol. The van der Waals surface area contributed by atoms with E-state index < -0.39 is 10.1 Å². The highest BCUT2D eigenvalue weighted by molar-refractivity contribution is 7.90. The van der Waals surface area contributed by atoms with E-state index >= 15 is 0 Å².